The van der Waals surface area contributed by atoms with Gasteiger partial charge in [0.05, 0.1) is 27.8 Å². The molecule has 0 spiro atoms. The van der Waals surface area contributed by atoms with Gasteiger partial charge in [0.25, 0.3) is 0 Å². The van der Waals surface area contributed by atoms with Crippen LogP contribution in [0.5, 0.6) is 0 Å². The normalized spacial score (nSPS) is 12.1. The average Bonchev–Trinajstić information content (AvgIpc) is 3.22. The SMILES string of the molecule is CCOC(=O)c1sc(NC(=O)[C@@H](CC)Sc2nc3ccccc3s2)nc1C. The van der Waals surface area contributed by atoms with Gasteiger partial charge in [-0.3, -0.25) is 4.79 Å². The highest BCUT2D eigenvalue weighted by molar-refractivity contribution is 8.02. The van der Waals surface area contributed by atoms with Gasteiger partial charge in [-0.25, -0.2) is 14.8 Å². The van der Waals surface area contributed by atoms with Gasteiger partial charge in [0, 0.05) is 0 Å². The molecule has 9 heteroatoms. The minimum absolute atomic E-state index is 0.147. The Bertz CT molecular complexity index is 934. The molecule has 1 atom stereocenters. The molecule has 0 bridgehead atoms. The molecule has 2 heterocycles. The van der Waals surface area contributed by atoms with E-state index in [9.17, 15) is 9.59 Å². The maximum atomic E-state index is 12.7. The third-order valence-electron chi connectivity index (χ3n) is 3.67. The van der Waals surface area contributed by atoms with Gasteiger partial charge in [0.2, 0.25) is 5.91 Å². The second-order valence-corrected chi connectivity index (χ2v) is 9.09. The van der Waals surface area contributed by atoms with Crippen molar-refractivity contribution >= 4 is 61.7 Å². The average molecular weight is 422 g/mol. The van der Waals surface area contributed by atoms with Crippen molar-refractivity contribution in [3.63, 3.8) is 0 Å². The number of rotatable bonds is 7. The van der Waals surface area contributed by atoms with E-state index in [1.807, 2.05) is 31.2 Å². The number of carbonyl (C=O) groups excluding carboxylic acids is 2. The predicted octanol–water partition coefficient (Wildman–Crippen LogP) is 4.75. The molecule has 0 aliphatic heterocycles. The second kappa shape index (κ2) is 8.81. The first kappa shape index (κ1) is 19.8. The molecule has 0 radical (unpaired) electrons. The van der Waals surface area contributed by atoms with E-state index >= 15 is 0 Å². The first-order valence-corrected chi connectivity index (χ1v) is 11.0. The van der Waals surface area contributed by atoms with Crippen molar-refractivity contribution in [2.24, 2.45) is 0 Å². The fourth-order valence-corrected chi connectivity index (χ4v) is 5.46. The van der Waals surface area contributed by atoms with Crippen LogP contribution in [0.4, 0.5) is 5.13 Å². The topological polar surface area (TPSA) is 81.2 Å². The molecule has 0 saturated heterocycles. The summed E-state index contributed by atoms with van der Waals surface area (Å²) in [6.07, 6.45) is 0.654. The molecule has 1 aromatic carbocycles. The van der Waals surface area contributed by atoms with Crippen LogP contribution in [-0.2, 0) is 9.53 Å². The molecule has 0 aliphatic carbocycles. The van der Waals surface area contributed by atoms with E-state index in [4.69, 9.17) is 4.74 Å². The minimum atomic E-state index is -0.413. The molecule has 0 unspecified atom stereocenters. The smallest absolute Gasteiger partial charge is 0.350 e. The summed E-state index contributed by atoms with van der Waals surface area (Å²) in [7, 11) is 0. The van der Waals surface area contributed by atoms with Crippen LogP contribution in [0.15, 0.2) is 28.6 Å². The van der Waals surface area contributed by atoms with Crippen molar-refractivity contribution < 1.29 is 14.3 Å². The number of carbonyl (C=O) groups is 2. The Kier molecular flexibility index (Phi) is 6.46. The van der Waals surface area contributed by atoms with Crippen molar-refractivity contribution in [1.82, 2.24) is 9.97 Å². The van der Waals surface area contributed by atoms with E-state index in [1.54, 1.807) is 25.2 Å². The van der Waals surface area contributed by atoms with Crippen molar-refractivity contribution in [2.75, 3.05) is 11.9 Å². The van der Waals surface area contributed by atoms with Crippen LogP contribution < -0.4 is 5.32 Å². The predicted molar refractivity (Wildman–Crippen MR) is 111 cm³/mol. The van der Waals surface area contributed by atoms with Gasteiger partial charge in [0.15, 0.2) is 9.47 Å². The zero-order valence-electron chi connectivity index (χ0n) is 15.1. The molecular formula is C18H19N3O3S3. The number of anilines is 1. The van der Waals surface area contributed by atoms with E-state index in [2.05, 4.69) is 15.3 Å². The number of nitrogens with one attached hydrogen (secondary N) is 1. The van der Waals surface area contributed by atoms with E-state index in [-0.39, 0.29) is 11.2 Å². The molecule has 0 saturated carbocycles. The number of ether oxygens (including phenoxy) is 1. The largest absolute Gasteiger partial charge is 0.462 e. The molecule has 0 aliphatic rings. The van der Waals surface area contributed by atoms with E-state index in [1.165, 1.54) is 11.8 Å². The molecule has 0 fully saturated rings. The van der Waals surface area contributed by atoms with Gasteiger partial charge in [0.1, 0.15) is 4.88 Å². The summed E-state index contributed by atoms with van der Waals surface area (Å²) in [5.41, 5.74) is 1.50. The van der Waals surface area contributed by atoms with Crippen LogP contribution in [-0.4, -0.2) is 33.7 Å². The van der Waals surface area contributed by atoms with E-state index < -0.39 is 5.97 Å². The van der Waals surface area contributed by atoms with Gasteiger partial charge >= 0.3 is 5.97 Å². The molecule has 2 aromatic heterocycles. The quantitative estimate of drug-likeness (QED) is 0.438. The lowest BCUT2D eigenvalue weighted by molar-refractivity contribution is -0.115. The summed E-state index contributed by atoms with van der Waals surface area (Å²) in [6.45, 7) is 5.74. The van der Waals surface area contributed by atoms with Crippen molar-refractivity contribution in [3.8, 4) is 0 Å². The Balaban J connectivity index is 1.70. The Morgan fingerprint density at radius 2 is 2.00 bits per heavy atom. The van der Waals surface area contributed by atoms with Crippen molar-refractivity contribution in [1.29, 1.82) is 0 Å². The van der Waals surface area contributed by atoms with Crippen LogP contribution in [0, 0.1) is 6.92 Å². The van der Waals surface area contributed by atoms with E-state index in [0.717, 1.165) is 25.9 Å². The van der Waals surface area contributed by atoms with E-state index in [0.29, 0.717) is 28.7 Å². The first-order valence-electron chi connectivity index (χ1n) is 8.49. The lowest BCUT2D eigenvalue weighted by atomic mass is 10.3. The molecule has 27 heavy (non-hydrogen) atoms. The Morgan fingerprint density at radius 1 is 1.22 bits per heavy atom. The van der Waals surface area contributed by atoms with Crippen LogP contribution in [0.2, 0.25) is 0 Å². The maximum Gasteiger partial charge on any atom is 0.350 e. The lowest BCUT2D eigenvalue weighted by Gasteiger charge is -2.11. The number of aromatic nitrogens is 2. The highest BCUT2D eigenvalue weighted by Gasteiger charge is 2.23. The van der Waals surface area contributed by atoms with Crippen LogP contribution in [0.25, 0.3) is 10.2 Å². The standard InChI is InChI=1S/C18H19N3O3S3/c1-4-12(25-18-20-11-8-6-7-9-13(11)26-18)15(22)21-17-19-10(3)14(27-17)16(23)24-5-2/h6-9,12H,4-5H2,1-3H3,(H,19,21,22)/t12-/m1/s1. The fraction of sp³-hybridized carbons (Fsp3) is 0.333. The number of thiazole rings is 2. The highest BCUT2D eigenvalue weighted by atomic mass is 32.2. The summed E-state index contributed by atoms with van der Waals surface area (Å²) in [5.74, 6) is -0.560. The molecule has 1 N–H and O–H groups in total. The lowest BCUT2D eigenvalue weighted by Crippen LogP contribution is -2.24. The molecule has 142 valence electrons. The number of thioether (sulfide) groups is 1. The van der Waals surface area contributed by atoms with Crippen molar-refractivity contribution in [2.45, 2.75) is 36.8 Å². The third kappa shape index (κ3) is 4.66. The third-order valence-corrected chi connectivity index (χ3v) is 7.22. The summed E-state index contributed by atoms with van der Waals surface area (Å²) in [4.78, 5) is 33.9. The summed E-state index contributed by atoms with van der Waals surface area (Å²) in [5, 5.41) is 2.94. The minimum Gasteiger partial charge on any atom is -0.462 e. The number of nitrogens with zero attached hydrogens (tertiary/aromatic N) is 2. The Hall–Kier alpha value is -1.97. The number of para-hydroxylation sites is 1. The van der Waals surface area contributed by atoms with Gasteiger partial charge in [-0.05, 0) is 32.4 Å². The van der Waals surface area contributed by atoms with Gasteiger partial charge < -0.3 is 10.1 Å². The summed E-state index contributed by atoms with van der Waals surface area (Å²) < 4.78 is 6.97. The summed E-state index contributed by atoms with van der Waals surface area (Å²) >= 11 is 4.16. The highest BCUT2D eigenvalue weighted by Crippen LogP contribution is 2.34. The number of amides is 1. The number of hydrogen-bond donors (Lipinski definition) is 1. The fourth-order valence-electron chi connectivity index (χ4n) is 2.37. The van der Waals surface area contributed by atoms with Crippen LogP contribution in [0.3, 0.4) is 0 Å². The number of esters is 1. The van der Waals surface area contributed by atoms with Gasteiger partial charge in [-0.15, -0.1) is 11.3 Å². The summed E-state index contributed by atoms with van der Waals surface area (Å²) in [6, 6.07) is 7.91. The zero-order chi connectivity index (χ0) is 19.4. The molecule has 6 nitrogen and oxygen atoms in total. The monoisotopic (exact) mass is 421 g/mol. The Morgan fingerprint density at radius 3 is 2.70 bits per heavy atom. The van der Waals surface area contributed by atoms with Crippen molar-refractivity contribution in [3.05, 3.63) is 34.8 Å². The zero-order valence-corrected chi connectivity index (χ0v) is 17.6. The number of benzene rings is 1. The number of aryl methyl sites for hydroxylation is 1. The Labute approximate surface area is 169 Å². The molecule has 3 rings (SSSR count). The molecule has 3 aromatic rings. The van der Waals surface area contributed by atoms with Gasteiger partial charge in [-0.2, -0.15) is 0 Å². The van der Waals surface area contributed by atoms with Crippen LogP contribution in [0.1, 0.15) is 35.6 Å². The first-order chi connectivity index (χ1) is 13.0. The second-order valence-electron chi connectivity index (χ2n) is 5.61. The maximum absolute atomic E-state index is 12.7. The number of hydrogen-bond acceptors (Lipinski definition) is 8. The molecule has 1 amide bonds. The number of fused-ring (bicyclic) bond motifs is 1. The molecular weight excluding hydrogens is 402 g/mol. The van der Waals surface area contributed by atoms with Gasteiger partial charge in [-0.1, -0.05) is 42.2 Å². The van der Waals surface area contributed by atoms with Crippen LogP contribution >= 0.6 is 34.4 Å².